The Morgan fingerprint density at radius 3 is 2.33 bits per heavy atom. The highest BCUT2D eigenvalue weighted by Crippen LogP contribution is 2.29. The summed E-state index contributed by atoms with van der Waals surface area (Å²) in [6.45, 7) is 4.39. The van der Waals surface area contributed by atoms with Crippen molar-refractivity contribution in [3.63, 3.8) is 0 Å². The van der Waals surface area contributed by atoms with Gasteiger partial charge in [-0.1, -0.05) is 38.3 Å². The second-order valence-corrected chi connectivity index (χ2v) is 9.30. The summed E-state index contributed by atoms with van der Waals surface area (Å²) in [5.74, 6) is -1.16. The largest absolute Gasteiger partial charge is 0.395 e. The summed E-state index contributed by atoms with van der Waals surface area (Å²) in [5.41, 5.74) is 0.181. The summed E-state index contributed by atoms with van der Waals surface area (Å²) in [6.07, 6.45) is 4.36. The molecule has 0 aliphatic carbocycles. The van der Waals surface area contributed by atoms with Crippen LogP contribution in [0.3, 0.4) is 0 Å². The summed E-state index contributed by atoms with van der Waals surface area (Å²) in [4.78, 5) is 25.2. The molecule has 1 aromatic carbocycles. The van der Waals surface area contributed by atoms with Gasteiger partial charge in [0.1, 0.15) is 5.70 Å². The Hall–Kier alpha value is -1.94. The van der Waals surface area contributed by atoms with Crippen LogP contribution >= 0.6 is 11.6 Å². The number of imide groups is 1. The molecule has 2 N–H and O–H groups in total. The van der Waals surface area contributed by atoms with Gasteiger partial charge >= 0.3 is 0 Å². The zero-order valence-electron chi connectivity index (χ0n) is 17.2. The van der Waals surface area contributed by atoms with Crippen LogP contribution in [0.25, 0.3) is 0 Å². The standard InChI is InChI=1S/C20H28ClN3O5S/c1-3-5-9-23(10-6-4-2)30(28,29)15-7-8-16(21)17(13-15)22-18-14-19(26)24(11-12-25)20(18)27/h7-8,13-14,22,25H,3-6,9-12H2,1-2H3. The van der Waals surface area contributed by atoms with Crippen LogP contribution in [0.15, 0.2) is 34.9 Å². The van der Waals surface area contributed by atoms with E-state index in [0.717, 1.165) is 36.7 Å². The molecule has 0 unspecified atom stereocenters. The minimum atomic E-state index is -3.74. The summed E-state index contributed by atoms with van der Waals surface area (Å²) in [5, 5.41) is 12.0. The smallest absolute Gasteiger partial charge is 0.277 e. The van der Waals surface area contributed by atoms with E-state index in [1.54, 1.807) is 0 Å². The van der Waals surface area contributed by atoms with Crippen LogP contribution in [0, 0.1) is 0 Å². The summed E-state index contributed by atoms with van der Waals surface area (Å²) in [6, 6.07) is 4.25. The fraction of sp³-hybridized carbons (Fsp3) is 0.500. The monoisotopic (exact) mass is 457 g/mol. The number of benzene rings is 1. The number of amides is 2. The molecule has 1 heterocycles. The second kappa shape index (κ2) is 10.9. The number of sulfonamides is 1. The Morgan fingerprint density at radius 2 is 1.77 bits per heavy atom. The first-order valence-corrected chi connectivity index (χ1v) is 11.8. The number of hydrogen-bond donors (Lipinski definition) is 2. The summed E-state index contributed by atoms with van der Waals surface area (Å²) < 4.78 is 27.8. The van der Waals surface area contributed by atoms with Crippen LogP contribution in [0.1, 0.15) is 39.5 Å². The highest BCUT2D eigenvalue weighted by atomic mass is 35.5. The molecule has 1 aromatic rings. The fourth-order valence-electron chi connectivity index (χ4n) is 2.99. The van der Waals surface area contributed by atoms with Crippen molar-refractivity contribution in [2.75, 3.05) is 31.6 Å². The van der Waals surface area contributed by atoms with Crippen molar-refractivity contribution in [1.82, 2.24) is 9.21 Å². The van der Waals surface area contributed by atoms with Crippen LogP contribution in [-0.4, -0.2) is 60.8 Å². The van der Waals surface area contributed by atoms with E-state index in [0.29, 0.717) is 13.1 Å². The van der Waals surface area contributed by atoms with Crippen molar-refractivity contribution < 1.29 is 23.1 Å². The molecule has 2 rings (SSSR count). The van der Waals surface area contributed by atoms with Gasteiger partial charge in [-0.3, -0.25) is 14.5 Å². The average Bonchev–Trinajstić information content (AvgIpc) is 2.97. The van der Waals surface area contributed by atoms with E-state index in [1.807, 2.05) is 13.8 Å². The number of anilines is 1. The van der Waals surface area contributed by atoms with E-state index in [-0.39, 0.29) is 34.5 Å². The molecule has 0 radical (unpaired) electrons. The van der Waals surface area contributed by atoms with Gasteiger partial charge in [0.25, 0.3) is 11.8 Å². The lowest BCUT2D eigenvalue weighted by molar-refractivity contribution is -0.137. The lowest BCUT2D eigenvalue weighted by atomic mass is 10.3. The van der Waals surface area contributed by atoms with Crippen molar-refractivity contribution in [2.45, 2.75) is 44.4 Å². The molecule has 1 aliphatic rings. The maximum Gasteiger partial charge on any atom is 0.277 e. The number of aliphatic hydroxyl groups excluding tert-OH is 1. The molecule has 0 fully saturated rings. The van der Waals surface area contributed by atoms with Crippen LogP contribution in [0.5, 0.6) is 0 Å². The van der Waals surface area contributed by atoms with Crippen molar-refractivity contribution in [2.24, 2.45) is 0 Å². The number of carbonyl (C=O) groups excluding carboxylic acids is 2. The van der Waals surface area contributed by atoms with E-state index in [9.17, 15) is 18.0 Å². The number of nitrogens with zero attached hydrogens (tertiary/aromatic N) is 2. The summed E-state index contributed by atoms with van der Waals surface area (Å²) >= 11 is 6.21. The van der Waals surface area contributed by atoms with Crippen molar-refractivity contribution in [3.05, 3.63) is 35.0 Å². The van der Waals surface area contributed by atoms with Gasteiger partial charge in [0, 0.05) is 19.2 Å². The maximum atomic E-state index is 13.2. The van der Waals surface area contributed by atoms with Gasteiger partial charge in [-0.15, -0.1) is 0 Å². The van der Waals surface area contributed by atoms with E-state index in [4.69, 9.17) is 16.7 Å². The van der Waals surface area contributed by atoms with E-state index < -0.39 is 21.8 Å². The predicted molar refractivity (Wildman–Crippen MR) is 116 cm³/mol. The zero-order chi connectivity index (χ0) is 22.3. The third-order valence-electron chi connectivity index (χ3n) is 4.70. The molecule has 0 saturated carbocycles. The number of halogens is 1. The molecule has 1 aliphatic heterocycles. The Bertz CT molecular complexity index is 909. The minimum Gasteiger partial charge on any atom is -0.395 e. The third-order valence-corrected chi connectivity index (χ3v) is 6.92. The van der Waals surface area contributed by atoms with Crippen LogP contribution < -0.4 is 5.32 Å². The Balaban J connectivity index is 2.30. The average molecular weight is 458 g/mol. The molecule has 0 aromatic heterocycles. The number of rotatable bonds is 12. The highest BCUT2D eigenvalue weighted by molar-refractivity contribution is 7.89. The molecule has 0 saturated heterocycles. The first-order valence-electron chi connectivity index (χ1n) is 10.0. The van der Waals surface area contributed by atoms with Crippen LogP contribution in [0.4, 0.5) is 5.69 Å². The van der Waals surface area contributed by atoms with Gasteiger partial charge in [0.05, 0.1) is 28.8 Å². The molecule has 0 bridgehead atoms. The van der Waals surface area contributed by atoms with Crippen LogP contribution in [-0.2, 0) is 19.6 Å². The molecule has 30 heavy (non-hydrogen) atoms. The number of unbranched alkanes of at least 4 members (excludes halogenated alkanes) is 2. The molecular formula is C20H28ClN3O5S. The molecule has 2 amide bonds. The van der Waals surface area contributed by atoms with Gasteiger partial charge in [-0.05, 0) is 31.0 Å². The number of β-amino-alcohol motifs (C(OH)–C–C–N with tert-alkyl or cyclic N) is 1. The predicted octanol–water partition coefficient (Wildman–Crippen LogP) is 2.59. The van der Waals surface area contributed by atoms with Gasteiger partial charge in [-0.2, -0.15) is 4.31 Å². The molecule has 10 heteroatoms. The first-order chi connectivity index (χ1) is 14.3. The van der Waals surface area contributed by atoms with Crippen LogP contribution in [0.2, 0.25) is 5.02 Å². The van der Waals surface area contributed by atoms with Crippen molar-refractivity contribution in [3.8, 4) is 0 Å². The fourth-order valence-corrected chi connectivity index (χ4v) is 4.69. The zero-order valence-corrected chi connectivity index (χ0v) is 18.8. The van der Waals surface area contributed by atoms with E-state index in [2.05, 4.69) is 5.32 Å². The molecule has 8 nitrogen and oxygen atoms in total. The second-order valence-electron chi connectivity index (χ2n) is 6.95. The Morgan fingerprint density at radius 1 is 1.13 bits per heavy atom. The quantitative estimate of drug-likeness (QED) is 0.467. The Labute approximate surface area is 182 Å². The first kappa shape index (κ1) is 24.3. The molecular weight excluding hydrogens is 430 g/mol. The van der Waals surface area contributed by atoms with Gasteiger partial charge in [0.15, 0.2) is 0 Å². The molecule has 0 spiro atoms. The number of carbonyl (C=O) groups is 2. The lowest BCUT2D eigenvalue weighted by Gasteiger charge is -2.22. The Kier molecular flexibility index (Phi) is 8.84. The van der Waals surface area contributed by atoms with Gasteiger partial charge < -0.3 is 10.4 Å². The number of nitrogens with one attached hydrogen (secondary N) is 1. The highest BCUT2D eigenvalue weighted by Gasteiger charge is 2.31. The van der Waals surface area contributed by atoms with E-state index in [1.165, 1.54) is 22.5 Å². The lowest BCUT2D eigenvalue weighted by Crippen LogP contribution is -2.34. The SMILES string of the molecule is CCCCN(CCCC)S(=O)(=O)c1ccc(Cl)c(NC2=CC(=O)N(CCO)C2=O)c1. The summed E-state index contributed by atoms with van der Waals surface area (Å²) in [7, 11) is -3.74. The topological polar surface area (TPSA) is 107 Å². The maximum absolute atomic E-state index is 13.2. The number of aliphatic hydroxyl groups is 1. The minimum absolute atomic E-state index is 0.0290. The number of hydrogen-bond acceptors (Lipinski definition) is 6. The molecule has 166 valence electrons. The van der Waals surface area contributed by atoms with Gasteiger partial charge in [0.2, 0.25) is 10.0 Å². The third kappa shape index (κ3) is 5.60. The van der Waals surface area contributed by atoms with Gasteiger partial charge in [-0.25, -0.2) is 8.42 Å². The normalized spacial score (nSPS) is 14.6. The van der Waals surface area contributed by atoms with E-state index >= 15 is 0 Å². The molecule has 0 atom stereocenters. The van der Waals surface area contributed by atoms with Crippen molar-refractivity contribution in [1.29, 1.82) is 0 Å². The van der Waals surface area contributed by atoms with Crippen molar-refractivity contribution >= 4 is 39.1 Å².